The second-order valence-electron chi connectivity index (χ2n) is 6.43. The van der Waals surface area contributed by atoms with Crippen molar-refractivity contribution in [2.75, 3.05) is 20.8 Å². The van der Waals surface area contributed by atoms with Gasteiger partial charge >= 0.3 is 0 Å². The quantitative estimate of drug-likeness (QED) is 0.438. The molecule has 0 fully saturated rings. The van der Waals surface area contributed by atoms with Crippen molar-refractivity contribution in [1.82, 2.24) is 0 Å². The van der Waals surface area contributed by atoms with Gasteiger partial charge in [-0.05, 0) is 42.3 Å². The lowest BCUT2D eigenvalue weighted by molar-refractivity contribution is -0.384. The summed E-state index contributed by atoms with van der Waals surface area (Å²) in [6.45, 7) is 0.631. The molecule has 0 amide bonds. The molecule has 0 radical (unpaired) electrons. The zero-order chi connectivity index (χ0) is 20.5. The second-order valence-corrected chi connectivity index (χ2v) is 6.84. The van der Waals surface area contributed by atoms with E-state index in [1.165, 1.54) is 12.1 Å². The zero-order valence-corrected chi connectivity index (χ0v) is 16.5. The van der Waals surface area contributed by atoms with Crippen molar-refractivity contribution in [2.45, 2.75) is 6.42 Å². The van der Waals surface area contributed by atoms with E-state index in [9.17, 15) is 10.1 Å². The standard InChI is InChI=1S/C21H17ClN2O5/c1-27-19-9-12-7-8-23-21(15(12)11-20(19)28-2)18-6-5-17(29-18)14-4-3-13(24(25)26)10-16(14)22/h3-6,9-11H,7-8H2,1-2H3. The largest absolute Gasteiger partial charge is 0.493 e. The third-order valence-electron chi connectivity index (χ3n) is 4.78. The van der Waals surface area contributed by atoms with Crippen LogP contribution in [0.5, 0.6) is 11.5 Å². The summed E-state index contributed by atoms with van der Waals surface area (Å²) in [5, 5.41) is 11.2. The minimum absolute atomic E-state index is 0.0721. The molecular weight excluding hydrogens is 396 g/mol. The maximum atomic E-state index is 10.9. The van der Waals surface area contributed by atoms with Crippen molar-refractivity contribution in [2.24, 2.45) is 4.99 Å². The molecule has 0 aliphatic carbocycles. The summed E-state index contributed by atoms with van der Waals surface area (Å²) in [7, 11) is 3.19. The number of nitrogens with zero attached hydrogens (tertiary/aromatic N) is 2. The number of benzene rings is 2. The number of nitro benzene ring substituents is 1. The fourth-order valence-corrected chi connectivity index (χ4v) is 3.63. The van der Waals surface area contributed by atoms with Crippen molar-refractivity contribution in [3.8, 4) is 22.8 Å². The number of fused-ring (bicyclic) bond motifs is 1. The normalized spacial score (nSPS) is 12.9. The van der Waals surface area contributed by atoms with Gasteiger partial charge in [-0.1, -0.05) is 11.6 Å². The zero-order valence-electron chi connectivity index (χ0n) is 15.8. The van der Waals surface area contributed by atoms with Crippen LogP contribution >= 0.6 is 11.6 Å². The minimum atomic E-state index is -0.488. The van der Waals surface area contributed by atoms with Crippen LogP contribution in [0.3, 0.4) is 0 Å². The van der Waals surface area contributed by atoms with E-state index in [1.54, 1.807) is 26.4 Å². The molecule has 1 aliphatic heterocycles. The Morgan fingerprint density at radius 1 is 1.03 bits per heavy atom. The minimum Gasteiger partial charge on any atom is -0.493 e. The van der Waals surface area contributed by atoms with E-state index >= 15 is 0 Å². The molecule has 148 valence electrons. The Morgan fingerprint density at radius 2 is 1.76 bits per heavy atom. The first-order valence-electron chi connectivity index (χ1n) is 8.86. The molecule has 2 aromatic carbocycles. The van der Waals surface area contributed by atoms with Crippen molar-refractivity contribution in [3.05, 3.63) is 74.5 Å². The van der Waals surface area contributed by atoms with Crippen molar-refractivity contribution in [1.29, 1.82) is 0 Å². The SMILES string of the molecule is COc1cc2c(cc1OC)C(c1ccc(-c3ccc([N+](=O)[O-])cc3Cl)o1)=NCC2. The van der Waals surface area contributed by atoms with Gasteiger partial charge in [-0.25, -0.2) is 0 Å². The first-order chi connectivity index (χ1) is 14.0. The molecule has 29 heavy (non-hydrogen) atoms. The highest BCUT2D eigenvalue weighted by Crippen LogP contribution is 2.36. The van der Waals surface area contributed by atoms with Gasteiger partial charge < -0.3 is 13.9 Å². The Morgan fingerprint density at radius 3 is 2.45 bits per heavy atom. The van der Waals surface area contributed by atoms with E-state index in [4.69, 9.17) is 25.5 Å². The van der Waals surface area contributed by atoms with Crippen LogP contribution in [0.25, 0.3) is 11.3 Å². The van der Waals surface area contributed by atoms with Gasteiger partial charge in [0.2, 0.25) is 0 Å². The monoisotopic (exact) mass is 412 g/mol. The summed E-state index contributed by atoms with van der Waals surface area (Å²) in [4.78, 5) is 15.1. The summed E-state index contributed by atoms with van der Waals surface area (Å²) < 4.78 is 16.8. The van der Waals surface area contributed by atoms with Gasteiger partial charge in [0, 0.05) is 29.8 Å². The maximum Gasteiger partial charge on any atom is 0.270 e. The van der Waals surface area contributed by atoms with E-state index < -0.39 is 4.92 Å². The molecule has 7 nitrogen and oxygen atoms in total. The predicted molar refractivity (Wildman–Crippen MR) is 110 cm³/mol. The molecule has 0 atom stereocenters. The molecule has 0 N–H and O–H groups in total. The van der Waals surface area contributed by atoms with Gasteiger partial charge in [0.15, 0.2) is 17.3 Å². The smallest absolute Gasteiger partial charge is 0.270 e. The van der Waals surface area contributed by atoms with E-state index in [0.717, 1.165) is 23.3 Å². The van der Waals surface area contributed by atoms with Gasteiger partial charge in [0.05, 0.1) is 24.2 Å². The Kier molecular flexibility index (Phi) is 4.98. The molecule has 0 spiro atoms. The fraction of sp³-hybridized carbons (Fsp3) is 0.190. The number of rotatable bonds is 5. The Bertz CT molecular complexity index is 1140. The van der Waals surface area contributed by atoms with Crippen molar-refractivity contribution < 1.29 is 18.8 Å². The van der Waals surface area contributed by atoms with E-state index in [2.05, 4.69) is 4.99 Å². The molecular formula is C21H17ClN2O5. The molecule has 8 heteroatoms. The van der Waals surface area contributed by atoms with Gasteiger partial charge in [-0.3, -0.25) is 15.1 Å². The fourth-order valence-electron chi connectivity index (χ4n) is 3.36. The number of non-ortho nitro benzene ring substituents is 1. The van der Waals surface area contributed by atoms with Crippen LogP contribution in [0.1, 0.15) is 16.9 Å². The topological polar surface area (TPSA) is 87.1 Å². The summed E-state index contributed by atoms with van der Waals surface area (Å²) in [6, 6.07) is 11.7. The van der Waals surface area contributed by atoms with Crippen LogP contribution in [-0.2, 0) is 6.42 Å². The Balaban J connectivity index is 1.73. The van der Waals surface area contributed by atoms with E-state index in [-0.39, 0.29) is 10.7 Å². The number of halogens is 1. The van der Waals surface area contributed by atoms with Gasteiger partial charge in [-0.2, -0.15) is 0 Å². The molecule has 0 unspecified atom stereocenters. The lowest BCUT2D eigenvalue weighted by Gasteiger charge is -2.18. The highest BCUT2D eigenvalue weighted by atomic mass is 35.5. The second kappa shape index (κ2) is 7.60. The summed E-state index contributed by atoms with van der Waals surface area (Å²) in [5.41, 5.74) is 3.24. The van der Waals surface area contributed by atoms with Crippen molar-refractivity contribution in [3.63, 3.8) is 0 Å². The van der Waals surface area contributed by atoms with Crippen LogP contribution in [0.4, 0.5) is 5.69 Å². The van der Waals surface area contributed by atoms with Crippen LogP contribution in [0, 0.1) is 10.1 Å². The maximum absolute atomic E-state index is 10.9. The lowest BCUT2D eigenvalue weighted by Crippen LogP contribution is -2.14. The number of hydrogen-bond donors (Lipinski definition) is 0. The van der Waals surface area contributed by atoms with Crippen LogP contribution in [0.2, 0.25) is 5.02 Å². The van der Waals surface area contributed by atoms with Gasteiger partial charge in [-0.15, -0.1) is 0 Å². The predicted octanol–water partition coefficient (Wildman–Crippen LogP) is 4.92. The Labute approximate surface area is 171 Å². The molecule has 1 aliphatic rings. The number of ether oxygens (including phenoxy) is 2. The molecule has 1 aromatic heterocycles. The van der Waals surface area contributed by atoms with Gasteiger partial charge in [0.25, 0.3) is 5.69 Å². The Hall–Kier alpha value is -3.32. The van der Waals surface area contributed by atoms with Crippen LogP contribution < -0.4 is 9.47 Å². The number of furan rings is 1. The summed E-state index contributed by atoms with van der Waals surface area (Å²) in [6.07, 6.45) is 0.793. The number of aliphatic imine (C=N–C) groups is 1. The lowest BCUT2D eigenvalue weighted by atomic mass is 9.95. The van der Waals surface area contributed by atoms with Gasteiger partial charge in [0.1, 0.15) is 11.5 Å². The molecule has 0 saturated carbocycles. The summed E-state index contributed by atoms with van der Waals surface area (Å²) >= 11 is 6.23. The molecule has 0 bridgehead atoms. The van der Waals surface area contributed by atoms with E-state index in [0.29, 0.717) is 35.1 Å². The average molecular weight is 413 g/mol. The molecule has 2 heterocycles. The number of hydrogen-bond acceptors (Lipinski definition) is 6. The van der Waals surface area contributed by atoms with Crippen LogP contribution in [0.15, 0.2) is 51.9 Å². The van der Waals surface area contributed by atoms with E-state index in [1.807, 2.05) is 18.2 Å². The highest BCUT2D eigenvalue weighted by Gasteiger charge is 2.22. The highest BCUT2D eigenvalue weighted by molar-refractivity contribution is 6.33. The average Bonchev–Trinajstić information content (AvgIpc) is 3.21. The first kappa shape index (κ1) is 19.0. The van der Waals surface area contributed by atoms with Crippen LogP contribution in [-0.4, -0.2) is 31.4 Å². The third kappa shape index (κ3) is 3.45. The molecule has 3 aromatic rings. The summed E-state index contributed by atoms with van der Waals surface area (Å²) in [5.74, 6) is 2.38. The molecule has 0 saturated heterocycles. The molecule has 4 rings (SSSR count). The third-order valence-corrected chi connectivity index (χ3v) is 5.10. The first-order valence-corrected chi connectivity index (χ1v) is 9.24. The number of nitro groups is 1. The van der Waals surface area contributed by atoms with Crippen molar-refractivity contribution >= 4 is 23.0 Å². The number of methoxy groups -OCH3 is 2.